The van der Waals surface area contributed by atoms with Gasteiger partial charge in [0.2, 0.25) is 0 Å². The summed E-state index contributed by atoms with van der Waals surface area (Å²) in [6, 6.07) is 0. The number of hydrogen-bond donors (Lipinski definition) is 1. The second-order valence-corrected chi connectivity index (χ2v) is 4.29. The van der Waals surface area contributed by atoms with Gasteiger partial charge in [-0.3, -0.25) is 5.41 Å². The van der Waals surface area contributed by atoms with E-state index < -0.39 is 0 Å². The minimum Gasteiger partial charge on any atom is -0.361 e. The van der Waals surface area contributed by atoms with Gasteiger partial charge in [0.1, 0.15) is 0 Å². The largest absolute Gasteiger partial charge is 0.361 e. The predicted octanol–water partition coefficient (Wildman–Crippen LogP) is 2.25. The highest BCUT2D eigenvalue weighted by atomic mass is 15.2. The molecule has 0 aromatic heterocycles. The summed E-state index contributed by atoms with van der Waals surface area (Å²) in [5.74, 6) is 0.838. The third-order valence-electron chi connectivity index (χ3n) is 3.50. The summed E-state index contributed by atoms with van der Waals surface area (Å²) in [6.07, 6.45) is 6.50. The highest BCUT2D eigenvalue weighted by Gasteiger charge is 2.44. The van der Waals surface area contributed by atoms with E-state index in [1.54, 1.807) is 0 Å². The topological polar surface area (TPSA) is 27.1 Å². The molecular formula is C10H18N2. The van der Waals surface area contributed by atoms with Crippen LogP contribution in [-0.4, -0.2) is 23.8 Å². The van der Waals surface area contributed by atoms with Crippen molar-refractivity contribution >= 4 is 5.84 Å². The van der Waals surface area contributed by atoms with Gasteiger partial charge in [-0.2, -0.15) is 0 Å². The van der Waals surface area contributed by atoms with Crippen LogP contribution >= 0.6 is 0 Å². The fraction of sp³-hybridized carbons (Fsp3) is 0.900. The average Bonchev–Trinajstić information content (AvgIpc) is 2.85. The molecule has 1 saturated heterocycles. The van der Waals surface area contributed by atoms with Gasteiger partial charge in [-0.1, -0.05) is 6.92 Å². The molecule has 1 aliphatic heterocycles. The molecule has 68 valence electrons. The van der Waals surface area contributed by atoms with Crippen molar-refractivity contribution < 1.29 is 0 Å². The van der Waals surface area contributed by atoms with Gasteiger partial charge in [0, 0.05) is 19.5 Å². The molecule has 2 rings (SSSR count). The van der Waals surface area contributed by atoms with Crippen LogP contribution in [0.1, 0.15) is 39.0 Å². The molecule has 0 bridgehead atoms. The molecular weight excluding hydrogens is 148 g/mol. The average molecular weight is 166 g/mol. The second kappa shape index (κ2) is 2.75. The van der Waals surface area contributed by atoms with Crippen molar-refractivity contribution in [3.05, 3.63) is 0 Å². The maximum atomic E-state index is 7.71. The Bertz CT molecular complexity index is 184. The first kappa shape index (κ1) is 8.09. The lowest BCUT2D eigenvalue weighted by Gasteiger charge is -2.33. The van der Waals surface area contributed by atoms with Gasteiger partial charge in [-0.25, -0.2) is 0 Å². The van der Waals surface area contributed by atoms with E-state index in [2.05, 4.69) is 11.8 Å². The molecule has 2 nitrogen and oxygen atoms in total. The molecule has 1 N–H and O–H groups in total. The molecule has 1 aliphatic carbocycles. The summed E-state index contributed by atoms with van der Waals surface area (Å²) < 4.78 is 0. The SMILES string of the molecule is CCC(=N)N1CCC2(CC1)CC2. The highest BCUT2D eigenvalue weighted by molar-refractivity contribution is 5.78. The van der Waals surface area contributed by atoms with E-state index in [1.807, 2.05) is 0 Å². The van der Waals surface area contributed by atoms with Crippen LogP contribution in [0.2, 0.25) is 0 Å². The van der Waals surface area contributed by atoms with E-state index in [0.717, 1.165) is 30.8 Å². The summed E-state index contributed by atoms with van der Waals surface area (Å²) in [7, 11) is 0. The van der Waals surface area contributed by atoms with E-state index in [1.165, 1.54) is 25.7 Å². The zero-order valence-corrected chi connectivity index (χ0v) is 7.90. The van der Waals surface area contributed by atoms with Gasteiger partial charge in [0.05, 0.1) is 5.84 Å². The molecule has 2 aliphatic rings. The van der Waals surface area contributed by atoms with Crippen LogP contribution in [0.25, 0.3) is 0 Å². The maximum absolute atomic E-state index is 7.71. The summed E-state index contributed by atoms with van der Waals surface area (Å²) in [5, 5.41) is 7.71. The van der Waals surface area contributed by atoms with Crippen molar-refractivity contribution in [3.8, 4) is 0 Å². The van der Waals surface area contributed by atoms with Crippen LogP contribution in [-0.2, 0) is 0 Å². The number of piperidine rings is 1. The number of rotatable bonds is 1. The molecule has 0 radical (unpaired) electrons. The van der Waals surface area contributed by atoms with Crippen LogP contribution < -0.4 is 0 Å². The van der Waals surface area contributed by atoms with Crippen LogP contribution in [0, 0.1) is 10.8 Å². The molecule has 12 heavy (non-hydrogen) atoms. The number of hydrogen-bond acceptors (Lipinski definition) is 1. The molecule has 0 unspecified atom stereocenters. The first-order valence-electron chi connectivity index (χ1n) is 5.08. The molecule has 0 atom stereocenters. The monoisotopic (exact) mass is 166 g/mol. The van der Waals surface area contributed by atoms with E-state index in [9.17, 15) is 0 Å². The summed E-state index contributed by atoms with van der Waals surface area (Å²) in [4.78, 5) is 2.25. The Morgan fingerprint density at radius 2 is 1.83 bits per heavy atom. The van der Waals surface area contributed by atoms with Crippen LogP contribution in [0.3, 0.4) is 0 Å². The van der Waals surface area contributed by atoms with Gasteiger partial charge in [-0.15, -0.1) is 0 Å². The standard InChI is InChI=1S/C10H18N2/c1-2-9(11)12-7-5-10(3-4-10)6-8-12/h11H,2-8H2,1H3. The van der Waals surface area contributed by atoms with Crippen molar-refractivity contribution in [2.75, 3.05) is 13.1 Å². The number of amidine groups is 1. The van der Waals surface area contributed by atoms with Crippen molar-refractivity contribution in [2.45, 2.75) is 39.0 Å². The molecule has 0 amide bonds. The molecule has 1 heterocycles. The number of nitrogens with one attached hydrogen (secondary N) is 1. The maximum Gasteiger partial charge on any atom is 0.0954 e. The molecule has 0 aromatic carbocycles. The lowest BCUT2D eigenvalue weighted by atomic mass is 9.93. The Kier molecular flexibility index (Phi) is 1.85. The summed E-state index contributed by atoms with van der Waals surface area (Å²) in [5.41, 5.74) is 0.754. The van der Waals surface area contributed by atoms with E-state index in [-0.39, 0.29) is 0 Å². The first-order chi connectivity index (χ1) is 5.76. The van der Waals surface area contributed by atoms with Crippen molar-refractivity contribution in [3.63, 3.8) is 0 Å². The third-order valence-corrected chi connectivity index (χ3v) is 3.50. The summed E-state index contributed by atoms with van der Waals surface area (Å²) >= 11 is 0. The highest BCUT2D eigenvalue weighted by Crippen LogP contribution is 2.53. The smallest absolute Gasteiger partial charge is 0.0954 e. The zero-order chi connectivity index (χ0) is 8.60. The lowest BCUT2D eigenvalue weighted by molar-refractivity contribution is 0.246. The Balaban J connectivity index is 1.85. The first-order valence-corrected chi connectivity index (χ1v) is 5.08. The minimum absolute atomic E-state index is 0.754. The fourth-order valence-corrected chi connectivity index (χ4v) is 2.15. The van der Waals surface area contributed by atoms with Gasteiger partial charge in [-0.05, 0) is 31.1 Å². The fourth-order valence-electron chi connectivity index (χ4n) is 2.15. The van der Waals surface area contributed by atoms with E-state index in [0.29, 0.717) is 0 Å². The Morgan fingerprint density at radius 1 is 1.25 bits per heavy atom. The third kappa shape index (κ3) is 1.35. The Morgan fingerprint density at radius 3 is 2.25 bits per heavy atom. The lowest BCUT2D eigenvalue weighted by Crippen LogP contribution is -2.38. The van der Waals surface area contributed by atoms with E-state index in [4.69, 9.17) is 5.41 Å². The van der Waals surface area contributed by atoms with Crippen molar-refractivity contribution in [2.24, 2.45) is 5.41 Å². The molecule has 1 spiro atoms. The number of likely N-dealkylation sites (tertiary alicyclic amines) is 1. The number of nitrogens with zero attached hydrogens (tertiary/aromatic N) is 1. The Labute approximate surface area is 74.5 Å². The van der Waals surface area contributed by atoms with Gasteiger partial charge >= 0.3 is 0 Å². The van der Waals surface area contributed by atoms with Gasteiger partial charge in [0.25, 0.3) is 0 Å². The van der Waals surface area contributed by atoms with Crippen LogP contribution in [0.4, 0.5) is 0 Å². The minimum atomic E-state index is 0.754. The van der Waals surface area contributed by atoms with Crippen molar-refractivity contribution in [1.82, 2.24) is 4.90 Å². The Hall–Kier alpha value is -0.530. The summed E-state index contributed by atoms with van der Waals surface area (Å²) in [6.45, 7) is 4.36. The van der Waals surface area contributed by atoms with Crippen molar-refractivity contribution in [1.29, 1.82) is 5.41 Å². The van der Waals surface area contributed by atoms with Gasteiger partial charge in [0.15, 0.2) is 0 Å². The zero-order valence-electron chi connectivity index (χ0n) is 7.90. The van der Waals surface area contributed by atoms with Gasteiger partial charge < -0.3 is 4.90 Å². The predicted molar refractivity (Wildman–Crippen MR) is 50.5 cm³/mol. The normalized spacial score (nSPS) is 25.9. The molecule has 2 heteroatoms. The second-order valence-electron chi connectivity index (χ2n) is 4.29. The molecule has 2 fully saturated rings. The van der Waals surface area contributed by atoms with Crippen LogP contribution in [0.5, 0.6) is 0 Å². The van der Waals surface area contributed by atoms with E-state index >= 15 is 0 Å². The quantitative estimate of drug-likeness (QED) is 0.469. The molecule has 1 saturated carbocycles. The molecule has 0 aromatic rings. The van der Waals surface area contributed by atoms with Crippen LogP contribution in [0.15, 0.2) is 0 Å².